The Morgan fingerprint density at radius 2 is 1.70 bits per heavy atom. The minimum atomic E-state index is 0.769. The van der Waals surface area contributed by atoms with Crippen LogP contribution in [0.5, 0.6) is 11.5 Å². The summed E-state index contributed by atoms with van der Waals surface area (Å²) in [6.07, 6.45) is 5.90. The molecule has 0 radical (unpaired) electrons. The lowest BCUT2D eigenvalue weighted by Gasteiger charge is -2.10. The number of anilines is 2. The molecule has 0 spiro atoms. The molecule has 0 fully saturated rings. The van der Waals surface area contributed by atoms with E-state index in [2.05, 4.69) is 27.9 Å². The highest BCUT2D eigenvalue weighted by Crippen LogP contribution is 2.28. The van der Waals surface area contributed by atoms with Crippen molar-refractivity contribution in [2.75, 3.05) is 5.32 Å². The Balaban J connectivity index is 1.38. The van der Waals surface area contributed by atoms with Crippen molar-refractivity contribution in [2.45, 2.75) is 0 Å². The van der Waals surface area contributed by atoms with Gasteiger partial charge in [0.25, 0.3) is 0 Å². The number of benzene rings is 3. The minimum absolute atomic E-state index is 0.769. The van der Waals surface area contributed by atoms with E-state index in [0.29, 0.717) is 0 Å². The van der Waals surface area contributed by atoms with Crippen molar-refractivity contribution < 1.29 is 4.74 Å². The van der Waals surface area contributed by atoms with Crippen LogP contribution in [0.25, 0.3) is 23.2 Å². The summed E-state index contributed by atoms with van der Waals surface area (Å²) in [6, 6.07) is 28.2. The summed E-state index contributed by atoms with van der Waals surface area (Å²) in [5.74, 6) is 1.54. The van der Waals surface area contributed by atoms with Crippen LogP contribution in [0.1, 0.15) is 4.88 Å². The first kappa shape index (κ1) is 18.2. The molecule has 0 aliphatic rings. The van der Waals surface area contributed by atoms with Gasteiger partial charge in [0.05, 0.1) is 11.7 Å². The lowest BCUT2D eigenvalue weighted by molar-refractivity contribution is 0.483. The average Bonchev–Trinajstić information content (AvgIpc) is 3.43. The summed E-state index contributed by atoms with van der Waals surface area (Å²) >= 11 is 1.70. The van der Waals surface area contributed by atoms with E-state index in [0.717, 1.165) is 33.8 Å². The number of aromatic nitrogens is 2. The van der Waals surface area contributed by atoms with Crippen LogP contribution in [0.15, 0.2) is 96.5 Å². The standard InChI is InChI=1S/C25H19N3OS/c1-2-6-20(7-3-1)27-21-8-4-9-22(16-21)29-23-12-11-19-18-26-28(25(19)17-23)14-13-24-10-5-15-30-24/h1-18,27H. The van der Waals surface area contributed by atoms with Crippen molar-refractivity contribution in [3.05, 3.63) is 101 Å². The molecule has 146 valence electrons. The zero-order valence-electron chi connectivity index (χ0n) is 16.1. The average molecular weight is 410 g/mol. The number of hydrogen-bond acceptors (Lipinski definition) is 4. The first-order valence-electron chi connectivity index (χ1n) is 9.62. The van der Waals surface area contributed by atoms with Crippen molar-refractivity contribution in [1.82, 2.24) is 9.78 Å². The highest BCUT2D eigenvalue weighted by Gasteiger charge is 2.05. The van der Waals surface area contributed by atoms with Gasteiger partial charge in [-0.2, -0.15) is 5.10 Å². The fourth-order valence-corrected chi connectivity index (χ4v) is 3.80. The van der Waals surface area contributed by atoms with Crippen molar-refractivity contribution in [3.8, 4) is 11.5 Å². The molecular weight excluding hydrogens is 390 g/mol. The maximum absolute atomic E-state index is 6.14. The van der Waals surface area contributed by atoms with Crippen molar-refractivity contribution in [2.24, 2.45) is 0 Å². The van der Waals surface area contributed by atoms with Crippen molar-refractivity contribution >= 4 is 45.9 Å². The maximum atomic E-state index is 6.14. The summed E-state index contributed by atoms with van der Waals surface area (Å²) in [7, 11) is 0. The smallest absolute Gasteiger partial charge is 0.129 e. The van der Waals surface area contributed by atoms with E-state index in [1.54, 1.807) is 11.3 Å². The molecule has 5 rings (SSSR count). The molecular formula is C25H19N3OS. The maximum Gasteiger partial charge on any atom is 0.129 e. The Hall–Kier alpha value is -3.83. The van der Waals surface area contributed by atoms with Gasteiger partial charge in [-0.25, -0.2) is 4.68 Å². The number of rotatable bonds is 6. The van der Waals surface area contributed by atoms with E-state index < -0.39 is 0 Å². The van der Waals surface area contributed by atoms with Gasteiger partial charge in [0.1, 0.15) is 11.5 Å². The summed E-state index contributed by atoms with van der Waals surface area (Å²) in [6.45, 7) is 0. The van der Waals surface area contributed by atoms with Crippen molar-refractivity contribution in [1.29, 1.82) is 0 Å². The topological polar surface area (TPSA) is 39.1 Å². The van der Waals surface area contributed by atoms with Gasteiger partial charge >= 0.3 is 0 Å². The van der Waals surface area contributed by atoms with Crippen LogP contribution >= 0.6 is 11.3 Å². The zero-order valence-corrected chi connectivity index (χ0v) is 16.9. The van der Waals surface area contributed by atoms with Gasteiger partial charge < -0.3 is 10.1 Å². The van der Waals surface area contributed by atoms with Crippen LogP contribution in [0.4, 0.5) is 11.4 Å². The number of fused-ring (bicyclic) bond motifs is 1. The number of nitrogens with one attached hydrogen (secondary N) is 1. The Bertz CT molecular complexity index is 1290. The van der Waals surface area contributed by atoms with E-state index in [4.69, 9.17) is 4.74 Å². The van der Waals surface area contributed by atoms with Crippen LogP contribution < -0.4 is 10.1 Å². The molecule has 0 aliphatic carbocycles. The summed E-state index contributed by atoms with van der Waals surface area (Å²) in [4.78, 5) is 1.19. The highest BCUT2D eigenvalue weighted by molar-refractivity contribution is 7.10. The summed E-state index contributed by atoms with van der Waals surface area (Å²) < 4.78 is 8.01. The molecule has 2 heterocycles. The molecule has 0 aliphatic heterocycles. The van der Waals surface area contributed by atoms with Crippen molar-refractivity contribution in [3.63, 3.8) is 0 Å². The van der Waals surface area contributed by atoms with E-state index in [-0.39, 0.29) is 0 Å². The monoisotopic (exact) mass is 409 g/mol. The van der Waals surface area contributed by atoms with Gasteiger partial charge in [-0.15, -0.1) is 11.3 Å². The SMILES string of the molecule is C(=Cn1ncc2ccc(Oc3cccc(Nc4ccccc4)c3)cc21)c1cccs1. The molecule has 5 heteroatoms. The third-order valence-corrected chi connectivity index (χ3v) is 5.46. The predicted molar refractivity (Wildman–Crippen MR) is 126 cm³/mol. The second-order valence-electron chi connectivity index (χ2n) is 6.76. The van der Waals surface area contributed by atoms with Crippen LogP contribution in [0.2, 0.25) is 0 Å². The van der Waals surface area contributed by atoms with Crippen LogP contribution in [0, 0.1) is 0 Å². The zero-order chi connectivity index (χ0) is 20.2. The number of para-hydroxylation sites is 1. The van der Waals surface area contributed by atoms with E-state index in [9.17, 15) is 0 Å². The molecule has 3 aromatic carbocycles. The molecule has 0 unspecified atom stereocenters. The van der Waals surface area contributed by atoms with E-state index in [1.807, 2.05) is 95.9 Å². The molecule has 2 aromatic heterocycles. The quantitative estimate of drug-likeness (QED) is 0.321. The van der Waals surface area contributed by atoms with Gasteiger partial charge in [-0.1, -0.05) is 30.3 Å². The van der Waals surface area contributed by atoms with Gasteiger partial charge in [-0.3, -0.25) is 0 Å². The van der Waals surface area contributed by atoms with E-state index in [1.165, 1.54) is 4.88 Å². The third kappa shape index (κ3) is 4.11. The Morgan fingerprint density at radius 1 is 0.833 bits per heavy atom. The lowest BCUT2D eigenvalue weighted by Crippen LogP contribution is -1.91. The van der Waals surface area contributed by atoms with Gasteiger partial charge in [0.15, 0.2) is 0 Å². The molecule has 0 atom stereocenters. The number of nitrogens with zero attached hydrogens (tertiary/aromatic N) is 2. The Kier molecular flexibility index (Phi) is 5.02. The molecule has 5 aromatic rings. The minimum Gasteiger partial charge on any atom is -0.457 e. The van der Waals surface area contributed by atoms with Crippen LogP contribution in [0.3, 0.4) is 0 Å². The van der Waals surface area contributed by atoms with Gasteiger partial charge in [0, 0.05) is 40.0 Å². The normalized spacial score (nSPS) is 11.2. The van der Waals surface area contributed by atoms with Crippen LogP contribution in [-0.2, 0) is 0 Å². The first-order chi connectivity index (χ1) is 14.8. The molecule has 0 bridgehead atoms. The van der Waals surface area contributed by atoms with E-state index >= 15 is 0 Å². The molecule has 0 amide bonds. The fourth-order valence-electron chi connectivity index (χ4n) is 3.19. The number of hydrogen-bond donors (Lipinski definition) is 1. The third-order valence-electron chi connectivity index (χ3n) is 4.63. The second-order valence-corrected chi connectivity index (χ2v) is 7.74. The number of ether oxygens (including phenoxy) is 1. The molecule has 0 saturated heterocycles. The predicted octanol–water partition coefficient (Wildman–Crippen LogP) is 7.26. The Morgan fingerprint density at radius 3 is 2.57 bits per heavy atom. The second kappa shape index (κ2) is 8.27. The fraction of sp³-hybridized carbons (Fsp3) is 0. The highest BCUT2D eigenvalue weighted by atomic mass is 32.1. The lowest BCUT2D eigenvalue weighted by atomic mass is 10.2. The Labute approximate surface area is 178 Å². The van der Waals surface area contributed by atoms with Gasteiger partial charge in [-0.05, 0) is 53.9 Å². The summed E-state index contributed by atoms with van der Waals surface area (Å²) in [5.41, 5.74) is 3.01. The summed E-state index contributed by atoms with van der Waals surface area (Å²) in [5, 5.41) is 11.0. The van der Waals surface area contributed by atoms with Crippen LogP contribution in [-0.4, -0.2) is 9.78 Å². The molecule has 1 N–H and O–H groups in total. The number of thiophene rings is 1. The molecule has 30 heavy (non-hydrogen) atoms. The molecule has 4 nitrogen and oxygen atoms in total. The largest absolute Gasteiger partial charge is 0.457 e. The molecule has 0 saturated carbocycles. The first-order valence-corrected chi connectivity index (χ1v) is 10.5. The van der Waals surface area contributed by atoms with Gasteiger partial charge in [0.2, 0.25) is 0 Å².